The van der Waals surface area contributed by atoms with Gasteiger partial charge in [-0.2, -0.15) is 0 Å². The SMILES string of the molecule is CC(OC(=O)NCNC(=O)OC(C)c1cc(Nc2ccc(O)c3c2C(=O)c2ccccc2C3=O)c(Br)cc1Br)c1cc(NC2=CC=C(O)C3C(=O)c4ccccc4C(=O)C23)c(Br)cc1Br. The smallest absolute Gasteiger partial charge is 0.409 e. The predicted molar refractivity (Wildman–Crippen MR) is 254 cm³/mol. The van der Waals surface area contributed by atoms with Gasteiger partial charge in [0.05, 0.1) is 46.7 Å². The maximum atomic E-state index is 13.7. The number of aliphatic hydroxyl groups is 1. The van der Waals surface area contributed by atoms with Crippen LogP contribution in [0.15, 0.2) is 126 Å². The third kappa shape index (κ3) is 8.74. The summed E-state index contributed by atoms with van der Waals surface area (Å²) in [5.41, 5.74) is 3.58. The Morgan fingerprint density at radius 3 is 1.60 bits per heavy atom. The number of phenolic OH excluding ortho intramolecular Hbond substituents is 1. The highest BCUT2D eigenvalue weighted by molar-refractivity contribution is 9.11. The molecule has 0 saturated carbocycles. The Kier molecular flexibility index (Phi) is 12.9. The number of aliphatic hydroxyl groups excluding tert-OH is 1. The number of fused-ring (bicyclic) bond motifs is 4. The number of benzene rings is 5. The van der Waals surface area contributed by atoms with Crippen LogP contribution in [0.3, 0.4) is 0 Å². The lowest BCUT2D eigenvalue weighted by Crippen LogP contribution is -2.41. The van der Waals surface area contributed by atoms with Crippen LogP contribution in [0.2, 0.25) is 0 Å². The number of hydrogen-bond donors (Lipinski definition) is 6. The molecule has 2 amide bonds. The highest BCUT2D eigenvalue weighted by Gasteiger charge is 2.47. The number of nitrogens with one attached hydrogen (secondary N) is 4. The van der Waals surface area contributed by atoms with E-state index >= 15 is 0 Å². The monoisotopic (exact) mass is 1130 g/mol. The van der Waals surface area contributed by atoms with Gasteiger partial charge in [0.25, 0.3) is 0 Å². The Hall–Kier alpha value is -6.08. The largest absolute Gasteiger partial charge is 0.512 e. The molecule has 0 aliphatic heterocycles. The number of halogens is 4. The third-order valence-corrected chi connectivity index (χ3v) is 13.8. The number of rotatable bonds is 10. The summed E-state index contributed by atoms with van der Waals surface area (Å²) in [6.45, 7) is 2.93. The molecule has 0 saturated heterocycles. The zero-order chi connectivity index (χ0) is 46.4. The van der Waals surface area contributed by atoms with Crippen molar-refractivity contribution < 1.29 is 48.5 Å². The van der Waals surface area contributed by atoms with Crippen LogP contribution in [0.1, 0.15) is 89.7 Å². The molecule has 0 bridgehead atoms. The first-order chi connectivity index (χ1) is 31.0. The summed E-state index contributed by atoms with van der Waals surface area (Å²) in [7, 11) is 0. The molecule has 65 heavy (non-hydrogen) atoms. The average molecular weight is 1130 g/mol. The standard InChI is InChI=1S/C47H34Br4N4O10/c1-20(26-15-34(30(50)17-28(26)48)54-32-11-13-36(56)40-38(32)42(58)22-7-3-5-9-24(22)44(40)60)64-46(62)52-19-53-47(63)65-21(2)27-16-35(31(51)18-29(27)49)55-33-12-14-37(57)41-39(33)43(59)23-8-4-6-10-25(23)45(41)61/h3-18,20-21,38,40,54-57H,19H2,1-2H3,(H,52,62)(H,53,63). The van der Waals surface area contributed by atoms with Crippen LogP contribution in [0.25, 0.3) is 0 Å². The Morgan fingerprint density at radius 1 is 0.585 bits per heavy atom. The normalized spacial score (nSPS) is 17.0. The average Bonchev–Trinajstić information content (AvgIpc) is 3.27. The fourth-order valence-corrected chi connectivity index (χ4v) is 10.8. The molecule has 5 aromatic rings. The lowest BCUT2D eigenvalue weighted by atomic mass is 9.70. The minimum atomic E-state index is -1.08. The van der Waals surface area contributed by atoms with Crippen molar-refractivity contribution in [1.29, 1.82) is 0 Å². The van der Waals surface area contributed by atoms with Gasteiger partial charge in [0, 0.05) is 57.0 Å². The first-order valence-corrected chi connectivity index (χ1v) is 22.9. The van der Waals surface area contributed by atoms with E-state index in [1.165, 1.54) is 18.2 Å². The van der Waals surface area contributed by atoms with Gasteiger partial charge < -0.3 is 41.0 Å². The van der Waals surface area contributed by atoms with E-state index in [4.69, 9.17) is 9.47 Å². The van der Waals surface area contributed by atoms with Crippen LogP contribution in [-0.4, -0.2) is 52.2 Å². The molecule has 0 radical (unpaired) electrons. The fraction of sp³-hybridized carbons (Fsp3) is 0.149. The number of allylic oxidation sites excluding steroid dienone is 4. The topological polar surface area (TPSA) is 209 Å². The Labute approximate surface area is 404 Å². The van der Waals surface area contributed by atoms with E-state index in [0.29, 0.717) is 46.1 Å². The van der Waals surface area contributed by atoms with Crippen LogP contribution in [0.4, 0.5) is 26.7 Å². The number of hydrogen-bond acceptors (Lipinski definition) is 12. The number of phenols is 1. The number of ether oxygens (including phenoxy) is 2. The zero-order valence-electron chi connectivity index (χ0n) is 33.9. The van der Waals surface area contributed by atoms with E-state index in [1.807, 2.05) is 0 Å². The maximum Gasteiger partial charge on any atom is 0.409 e. The Bertz CT molecular complexity index is 2970. The lowest BCUT2D eigenvalue weighted by molar-refractivity contribution is 0.0750. The molecule has 330 valence electrons. The van der Waals surface area contributed by atoms with Crippen molar-refractivity contribution in [2.45, 2.75) is 26.1 Å². The predicted octanol–water partition coefficient (Wildman–Crippen LogP) is 11.3. The van der Waals surface area contributed by atoms with Crippen LogP contribution < -0.4 is 21.3 Å². The van der Waals surface area contributed by atoms with Crippen LogP contribution in [0, 0.1) is 11.8 Å². The maximum absolute atomic E-state index is 13.7. The molecule has 0 fully saturated rings. The number of amides is 2. The number of anilines is 3. The van der Waals surface area contributed by atoms with E-state index in [2.05, 4.69) is 85.0 Å². The van der Waals surface area contributed by atoms with Crippen LogP contribution in [-0.2, 0) is 9.47 Å². The zero-order valence-corrected chi connectivity index (χ0v) is 40.3. The molecule has 8 rings (SSSR count). The second-order valence-corrected chi connectivity index (χ2v) is 18.5. The van der Waals surface area contributed by atoms with Gasteiger partial charge in [0.2, 0.25) is 0 Å². The number of aromatic hydroxyl groups is 1. The van der Waals surface area contributed by atoms with Crippen LogP contribution in [0.5, 0.6) is 5.75 Å². The molecule has 5 aromatic carbocycles. The van der Waals surface area contributed by atoms with Gasteiger partial charge in [0.15, 0.2) is 23.1 Å². The number of alkyl carbamates (subject to hydrolysis) is 2. The molecule has 18 heteroatoms. The van der Waals surface area contributed by atoms with Gasteiger partial charge in [-0.25, -0.2) is 9.59 Å². The van der Waals surface area contributed by atoms with E-state index in [0.717, 1.165) is 0 Å². The Morgan fingerprint density at radius 2 is 1.06 bits per heavy atom. The van der Waals surface area contributed by atoms with Crippen molar-refractivity contribution >= 4 is 116 Å². The molecule has 0 heterocycles. The van der Waals surface area contributed by atoms with Crippen molar-refractivity contribution in [1.82, 2.24) is 10.6 Å². The van der Waals surface area contributed by atoms with Gasteiger partial charge in [0.1, 0.15) is 23.7 Å². The van der Waals surface area contributed by atoms with Crippen molar-refractivity contribution in [3.8, 4) is 5.75 Å². The molecule has 4 atom stereocenters. The van der Waals surface area contributed by atoms with Gasteiger partial charge in [-0.1, -0.05) is 80.4 Å². The van der Waals surface area contributed by atoms with Crippen molar-refractivity contribution in [3.05, 3.63) is 171 Å². The van der Waals surface area contributed by atoms with E-state index in [1.54, 1.807) is 92.7 Å². The minimum Gasteiger partial charge on any atom is -0.512 e. The van der Waals surface area contributed by atoms with Crippen molar-refractivity contribution in [2.24, 2.45) is 11.8 Å². The molecule has 3 aliphatic carbocycles. The second kappa shape index (κ2) is 18.4. The summed E-state index contributed by atoms with van der Waals surface area (Å²) in [5, 5.41) is 32.7. The molecule has 14 nitrogen and oxygen atoms in total. The van der Waals surface area contributed by atoms with Crippen molar-refractivity contribution in [2.75, 3.05) is 17.3 Å². The van der Waals surface area contributed by atoms with Gasteiger partial charge >= 0.3 is 12.2 Å². The van der Waals surface area contributed by atoms with Crippen LogP contribution >= 0.6 is 63.7 Å². The molecular formula is C47H34Br4N4O10. The molecular weight excluding hydrogens is 1100 g/mol. The minimum absolute atomic E-state index is 0.0240. The summed E-state index contributed by atoms with van der Waals surface area (Å²) in [6.07, 6.45) is -0.430. The molecule has 4 unspecified atom stereocenters. The molecule has 0 aromatic heterocycles. The van der Waals surface area contributed by atoms with E-state index in [-0.39, 0.29) is 68.8 Å². The molecule has 0 spiro atoms. The van der Waals surface area contributed by atoms with Crippen molar-refractivity contribution in [3.63, 3.8) is 0 Å². The lowest BCUT2D eigenvalue weighted by Gasteiger charge is -2.34. The summed E-state index contributed by atoms with van der Waals surface area (Å²) < 4.78 is 13.6. The first kappa shape index (κ1) is 45.5. The number of carbonyl (C=O) groups is 6. The quantitative estimate of drug-likeness (QED) is 0.0559. The third-order valence-electron chi connectivity index (χ3n) is 11.1. The molecule has 3 aliphatic rings. The number of ketones is 4. The highest BCUT2D eigenvalue weighted by atomic mass is 79.9. The molecule has 6 N–H and O–H groups in total. The summed E-state index contributed by atoms with van der Waals surface area (Å²) >= 11 is 14.1. The number of Topliss-reactive ketones (excluding diaryl/α,β-unsaturated/α-hetero) is 2. The van der Waals surface area contributed by atoms with E-state index in [9.17, 15) is 39.0 Å². The Balaban J connectivity index is 0.882. The van der Waals surface area contributed by atoms with Gasteiger partial charge in [-0.3, -0.25) is 19.2 Å². The van der Waals surface area contributed by atoms with Gasteiger partial charge in [-0.15, -0.1) is 0 Å². The first-order valence-electron chi connectivity index (χ1n) is 19.8. The fourth-order valence-electron chi connectivity index (χ4n) is 7.96. The highest BCUT2D eigenvalue weighted by Crippen LogP contribution is 2.44. The number of carbonyl (C=O) groups excluding carboxylic acids is 6. The second-order valence-electron chi connectivity index (χ2n) is 15.1. The summed E-state index contributed by atoms with van der Waals surface area (Å²) in [4.78, 5) is 79.9. The van der Waals surface area contributed by atoms with E-state index < -0.39 is 47.8 Å². The summed E-state index contributed by atoms with van der Waals surface area (Å²) in [5.74, 6) is -4.16. The summed E-state index contributed by atoms with van der Waals surface area (Å²) in [6, 6.07) is 22.6. The van der Waals surface area contributed by atoms with Gasteiger partial charge in [-0.05, 0) is 94.3 Å².